The fourth-order valence-electron chi connectivity index (χ4n) is 3.98. The van der Waals surface area contributed by atoms with Gasteiger partial charge in [0, 0.05) is 13.5 Å². The normalized spacial score (nSPS) is 16.2. The van der Waals surface area contributed by atoms with Crippen LogP contribution in [0.15, 0.2) is 71.5 Å². The summed E-state index contributed by atoms with van der Waals surface area (Å²) in [6.45, 7) is 3.90. The third-order valence-corrected chi connectivity index (χ3v) is 5.76. The highest BCUT2D eigenvalue weighted by Gasteiger charge is 2.22. The van der Waals surface area contributed by atoms with Gasteiger partial charge in [-0.3, -0.25) is 14.3 Å². The van der Waals surface area contributed by atoms with Crippen molar-refractivity contribution in [2.45, 2.75) is 13.3 Å². The van der Waals surface area contributed by atoms with Gasteiger partial charge in [0.15, 0.2) is 6.54 Å². The van der Waals surface area contributed by atoms with E-state index < -0.39 is 0 Å². The first-order chi connectivity index (χ1) is 14.5. The largest absolute Gasteiger partial charge is 0.324 e. The standard InChI is InChI=1S/C24H26N4O2/c1-18-23(24(30)28(26(18)2)21-11-7-4-8-12-21)25-22(29)17-27-15-13-20(14-16-27)19-9-5-3-6-10-19/h3-13H,14-17H2,1-2H3,(H,25,29)/p+1. The molecule has 4 rings (SSSR count). The van der Waals surface area contributed by atoms with Crippen molar-refractivity contribution in [2.24, 2.45) is 7.05 Å². The Balaban J connectivity index is 1.44. The molecular weight excluding hydrogens is 376 g/mol. The van der Waals surface area contributed by atoms with Crippen LogP contribution in [0.4, 0.5) is 5.69 Å². The molecule has 30 heavy (non-hydrogen) atoms. The van der Waals surface area contributed by atoms with Crippen LogP contribution in [0.1, 0.15) is 17.7 Å². The molecule has 154 valence electrons. The fraction of sp³-hybridized carbons (Fsp3) is 0.250. The zero-order chi connectivity index (χ0) is 21.1. The Morgan fingerprint density at radius 3 is 2.37 bits per heavy atom. The molecule has 2 heterocycles. The molecule has 0 saturated heterocycles. The lowest BCUT2D eigenvalue weighted by Crippen LogP contribution is -3.13. The maximum atomic E-state index is 12.9. The number of nitrogens with one attached hydrogen (secondary N) is 2. The van der Waals surface area contributed by atoms with Crippen LogP contribution in [0, 0.1) is 6.92 Å². The van der Waals surface area contributed by atoms with Crippen molar-refractivity contribution in [3.8, 4) is 5.69 Å². The Hall–Kier alpha value is -3.38. The second-order valence-electron chi connectivity index (χ2n) is 7.71. The van der Waals surface area contributed by atoms with Gasteiger partial charge in [0.2, 0.25) is 0 Å². The van der Waals surface area contributed by atoms with Gasteiger partial charge in [0.1, 0.15) is 5.69 Å². The van der Waals surface area contributed by atoms with Gasteiger partial charge < -0.3 is 10.2 Å². The van der Waals surface area contributed by atoms with Crippen LogP contribution < -0.4 is 15.8 Å². The lowest BCUT2D eigenvalue weighted by Gasteiger charge is -2.23. The maximum Gasteiger partial charge on any atom is 0.295 e. The van der Waals surface area contributed by atoms with Crippen LogP contribution in [-0.4, -0.2) is 34.9 Å². The summed E-state index contributed by atoms with van der Waals surface area (Å²) < 4.78 is 3.35. The molecule has 6 nitrogen and oxygen atoms in total. The number of carbonyl (C=O) groups is 1. The molecule has 1 aliphatic heterocycles. The van der Waals surface area contributed by atoms with Crippen LogP contribution in [0.3, 0.4) is 0 Å². The average molecular weight is 404 g/mol. The van der Waals surface area contributed by atoms with Gasteiger partial charge in [-0.2, -0.15) is 0 Å². The van der Waals surface area contributed by atoms with Gasteiger partial charge in [-0.05, 0) is 36.3 Å². The number of hydrogen-bond acceptors (Lipinski definition) is 2. The number of aromatic nitrogens is 2. The molecule has 0 aliphatic carbocycles. The first-order valence-electron chi connectivity index (χ1n) is 10.3. The SMILES string of the molecule is Cc1c(NC(=O)C[NH+]2CC=C(c3ccccc3)CC2)c(=O)n(-c2ccccc2)n1C. The fourth-order valence-corrected chi connectivity index (χ4v) is 3.98. The van der Waals surface area contributed by atoms with E-state index in [4.69, 9.17) is 0 Å². The lowest BCUT2D eigenvalue weighted by molar-refractivity contribution is -0.886. The molecule has 2 N–H and O–H groups in total. The lowest BCUT2D eigenvalue weighted by atomic mass is 10.00. The van der Waals surface area contributed by atoms with Gasteiger partial charge in [-0.1, -0.05) is 48.5 Å². The Kier molecular flexibility index (Phi) is 5.68. The molecule has 0 bridgehead atoms. The highest BCUT2D eigenvalue weighted by molar-refractivity contribution is 5.92. The number of benzene rings is 2. The van der Waals surface area contributed by atoms with Crippen molar-refractivity contribution >= 4 is 17.2 Å². The summed E-state index contributed by atoms with van der Waals surface area (Å²) in [4.78, 5) is 26.8. The van der Waals surface area contributed by atoms with Crippen LogP contribution in [0.5, 0.6) is 0 Å². The van der Waals surface area contributed by atoms with E-state index in [1.807, 2.05) is 62.5 Å². The van der Waals surface area contributed by atoms with Crippen LogP contribution >= 0.6 is 0 Å². The first-order valence-corrected chi connectivity index (χ1v) is 10.3. The molecule has 0 spiro atoms. The second-order valence-corrected chi connectivity index (χ2v) is 7.71. The number of carbonyl (C=O) groups excluding carboxylic acids is 1. The molecule has 1 aliphatic rings. The third-order valence-electron chi connectivity index (χ3n) is 5.76. The average Bonchev–Trinajstić information content (AvgIpc) is 2.98. The highest BCUT2D eigenvalue weighted by Crippen LogP contribution is 2.18. The van der Waals surface area contributed by atoms with E-state index >= 15 is 0 Å². The number of anilines is 1. The summed E-state index contributed by atoms with van der Waals surface area (Å²) in [7, 11) is 1.82. The molecule has 1 amide bonds. The smallest absolute Gasteiger partial charge is 0.295 e. The Morgan fingerprint density at radius 2 is 1.73 bits per heavy atom. The number of para-hydroxylation sites is 1. The molecule has 0 radical (unpaired) electrons. The minimum atomic E-state index is -0.213. The zero-order valence-electron chi connectivity index (χ0n) is 17.4. The van der Waals surface area contributed by atoms with Crippen LogP contribution in [0.25, 0.3) is 11.3 Å². The summed E-state index contributed by atoms with van der Waals surface area (Å²) >= 11 is 0. The minimum absolute atomic E-state index is 0.132. The minimum Gasteiger partial charge on any atom is -0.324 e. The van der Waals surface area contributed by atoms with Gasteiger partial charge in [-0.15, -0.1) is 0 Å². The number of rotatable bonds is 5. The van der Waals surface area contributed by atoms with E-state index in [0.717, 1.165) is 30.9 Å². The molecule has 1 atom stereocenters. The van der Waals surface area contributed by atoms with Crippen molar-refractivity contribution < 1.29 is 9.69 Å². The van der Waals surface area contributed by atoms with Gasteiger partial charge in [0.25, 0.3) is 11.5 Å². The molecule has 3 aromatic rings. The van der Waals surface area contributed by atoms with Crippen molar-refractivity contribution in [3.05, 3.63) is 88.4 Å². The Labute approximate surface area is 176 Å². The summed E-state index contributed by atoms with van der Waals surface area (Å²) in [5.74, 6) is -0.132. The van der Waals surface area contributed by atoms with Crippen LogP contribution in [0.2, 0.25) is 0 Å². The number of hydrogen-bond donors (Lipinski definition) is 2. The molecule has 0 fully saturated rings. The topological polar surface area (TPSA) is 60.5 Å². The molecular formula is C24H27N4O2+. The van der Waals surface area contributed by atoms with E-state index in [0.29, 0.717) is 12.2 Å². The Morgan fingerprint density at radius 1 is 1.07 bits per heavy atom. The quantitative estimate of drug-likeness (QED) is 0.683. The van der Waals surface area contributed by atoms with E-state index in [-0.39, 0.29) is 11.5 Å². The molecule has 0 saturated carbocycles. The monoisotopic (exact) mass is 403 g/mol. The molecule has 2 aromatic carbocycles. The van der Waals surface area contributed by atoms with Gasteiger partial charge >= 0.3 is 0 Å². The van der Waals surface area contributed by atoms with Crippen molar-refractivity contribution in [2.75, 3.05) is 25.0 Å². The predicted molar refractivity (Wildman–Crippen MR) is 119 cm³/mol. The van der Waals surface area contributed by atoms with Crippen molar-refractivity contribution in [1.82, 2.24) is 9.36 Å². The second kappa shape index (κ2) is 8.55. The number of amides is 1. The van der Waals surface area contributed by atoms with Crippen molar-refractivity contribution in [3.63, 3.8) is 0 Å². The van der Waals surface area contributed by atoms with Crippen molar-refractivity contribution in [1.29, 1.82) is 0 Å². The maximum absolute atomic E-state index is 12.9. The van der Waals surface area contributed by atoms with Gasteiger partial charge in [-0.25, -0.2) is 4.68 Å². The molecule has 1 aromatic heterocycles. The van der Waals surface area contributed by atoms with E-state index in [2.05, 4.69) is 23.5 Å². The zero-order valence-corrected chi connectivity index (χ0v) is 17.4. The summed E-state index contributed by atoms with van der Waals surface area (Å²) in [6.07, 6.45) is 3.16. The highest BCUT2D eigenvalue weighted by atomic mass is 16.2. The summed E-state index contributed by atoms with van der Waals surface area (Å²) in [6, 6.07) is 19.8. The number of nitrogens with zero attached hydrogens (tertiary/aromatic N) is 2. The van der Waals surface area contributed by atoms with E-state index in [1.165, 1.54) is 16.0 Å². The summed E-state index contributed by atoms with van der Waals surface area (Å²) in [5.41, 5.74) is 4.23. The number of quaternary nitrogens is 1. The third kappa shape index (κ3) is 4.00. The van der Waals surface area contributed by atoms with Gasteiger partial charge in [0.05, 0.1) is 24.5 Å². The molecule has 6 heteroatoms. The first kappa shape index (κ1) is 19.9. The van der Waals surface area contributed by atoms with E-state index in [9.17, 15) is 9.59 Å². The molecule has 1 unspecified atom stereocenters. The summed E-state index contributed by atoms with van der Waals surface area (Å²) in [5, 5.41) is 2.87. The Bertz CT molecular complexity index is 1130. The predicted octanol–water partition coefficient (Wildman–Crippen LogP) is 1.80. The van der Waals surface area contributed by atoms with Crippen LogP contribution in [-0.2, 0) is 11.8 Å². The van der Waals surface area contributed by atoms with E-state index in [1.54, 1.807) is 9.36 Å².